The molecule has 0 aromatic heterocycles. The van der Waals surface area contributed by atoms with E-state index < -0.39 is 0 Å². The molecule has 0 aliphatic carbocycles. The van der Waals surface area contributed by atoms with Crippen LogP contribution in [0.2, 0.25) is 19.1 Å². The van der Waals surface area contributed by atoms with Gasteiger partial charge >= 0.3 is 23.1 Å². The first-order chi connectivity index (χ1) is 2.77. The fourth-order valence-corrected chi connectivity index (χ4v) is 1.22. The van der Waals surface area contributed by atoms with Gasteiger partial charge in [0.25, 0.3) is 0 Å². The van der Waals surface area contributed by atoms with Crippen LogP contribution in [0.25, 0.3) is 0 Å². The molecule has 0 unspecified atom stereocenters. The summed E-state index contributed by atoms with van der Waals surface area (Å²) in [7, 11) is -0.233. The first kappa shape index (κ1) is 16.2. The van der Waals surface area contributed by atoms with Gasteiger partial charge in [-0.25, -0.2) is 0 Å². The minimum absolute atomic E-state index is 0. The topological polar surface area (TPSA) is 0 Å². The van der Waals surface area contributed by atoms with Crippen molar-refractivity contribution in [3.63, 3.8) is 0 Å². The molecule has 0 amide bonds. The molecule has 0 radical (unpaired) electrons. The Bertz CT molecular complexity index is 33.6. The van der Waals surface area contributed by atoms with Gasteiger partial charge in [-0.1, -0.05) is 19.1 Å². The van der Waals surface area contributed by atoms with Crippen molar-refractivity contribution in [2.24, 2.45) is 0 Å². The Morgan fingerprint density at radius 1 is 1.38 bits per heavy atom. The second-order valence-corrected chi connectivity index (χ2v) is 5.40. The van der Waals surface area contributed by atoms with Gasteiger partial charge in [0.2, 0.25) is 0 Å². The maximum absolute atomic E-state index is 3.76. The van der Waals surface area contributed by atoms with E-state index in [9.17, 15) is 0 Å². The molecular weight excluding hydrogens is 192 g/mol. The van der Waals surface area contributed by atoms with Gasteiger partial charge < -0.3 is 23.9 Å². The van der Waals surface area contributed by atoms with Gasteiger partial charge in [-0.15, -0.1) is 0 Å². The van der Waals surface area contributed by atoms with E-state index in [-0.39, 0.29) is 48.8 Å². The van der Waals surface area contributed by atoms with Crippen LogP contribution in [0.15, 0.2) is 0 Å². The van der Waals surface area contributed by atoms with E-state index in [0.717, 1.165) is 6.42 Å². The first-order valence-corrected chi connectivity index (χ1v) is 5.69. The van der Waals surface area contributed by atoms with Crippen LogP contribution < -0.4 is 17.0 Å². The molecule has 0 saturated carbocycles. The molecule has 0 aliphatic heterocycles. The van der Waals surface area contributed by atoms with Crippen LogP contribution in [0.1, 0.15) is 6.42 Å². The fourth-order valence-electron chi connectivity index (χ4n) is 0.408. The Balaban J connectivity index is -0.000000125. The number of hydrogen-bond donors (Lipinski definition) is 0. The summed E-state index contributed by atoms with van der Waals surface area (Å²) in [6.45, 7) is 8.47. The summed E-state index contributed by atoms with van der Waals surface area (Å²) in [5.74, 6) is 0. The third-order valence-corrected chi connectivity index (χ3v) is 2.34. The van der Waals surface area contributed by atoms with Gasteiger partial charge in [-0.2, -0.15) is 6.42 Å². The van der Waals surface area contributed by atoms with E-state index in [1.807, 2.05) is 0 Å². The Labute approximate surface area is 81.0 Å². The van der Waals surface area contributed by atoms with Gasteiger partial charge in [0.15, 0.2) is 0 Å². The third-order valence-electron chi connectivity index (χ3n) is 0.781. The molecule has 0 aliphatic rings. The maximum Gasteiger partial charge on any atom is 2.00 e. The summed E-state index contributed by atoms with van der Waals surface area (Å²) in [5.41, 5.74) is 0. The summed E-state index contributed by atoms with van der Waals surface area (Å²) < 4.78 is 0. The van der Waals surface area contributed by atoms with Crippen molar-refractivity contribution in [3.05, 3.63) is 6.92 Å². The summed E-state index contributed by atoms with van der Waals surface area (Å²) in [6.07, 6.45) is 1.14. The van der Waals surface area contributed by atoms with Crippen LogP contribution in [0.3, 0.4) is 0 Å². The van der Waals surface area contributed by atoms with E-state index >= 15 is 0 Å². The molecule has 0 saturated heterocycles. The van der Waals surface area contributed by atoms with E-state index in [2.05, 4.69) is 20.0 Å². The van der Waals surface area contributed by atoms with Crippen LogP contribution in [0.5, 0.6) is 0 Å². The summed E-state index contributed by atoms with van der Waals surface area (Å²) in [6, 6.07) is 1.40. The molecule has 0 nitrogen and oxygen atoms in total. The Morgan fingerprint density at radius 3 is 1.75 bits per heavy atom. The van der Waals surface area contributed by atoms with Gasteiger partial charge in [0.05, 0.1) is 0 Å². The molecule has 0 bridgehead atoms. The van der Waals surface area contributed by atoms with Crippen LogP contribution in [0, 0.1) is 6.92 Å². The summed E-state index contributed by atoms with van der Waals surface area (Å²) in [4.78, 5) is 0. The second-order valence-electron chi connectivity index (χ2n) is 2.04. The van der Waals surface area contributed by atoms with E-state index in [1.165, 1.54) is 6.04 Å². The van der Waals surface area contributed by atoms with Gasteiger partial charge in [-0.05, 0) is 0 Å². The van der Waals surface area contributed by atoms with Crippen molar-refractivity contribution in [1.82, 2.24) is 0 Å². The van der Waals surface area contributed by atoms with Crippen molar-refractivity contribution < 1.29 is 17.0 Å². The average Bonchev–Trinajstić information content (AvgIpc) is 1.35. The van der Waals surface area contributed by atoms with Crippen molar-refractivity contribution in [2.45, 2.75) is 25.6 Å². The zero-order valence-corrected chi connectivity index (χ0v) is 9.94. The zero-order valence-electron chi connectivity index (χ0n) is 5.78. The smallest absolute Gasteiger partial charge is 1.00 e. The SMILES string of the molecule is [Br-].[CH2-]CC[SiH](C)C.[Mg+2]. The zero-order chi connectivity index (χ0) is 4.99. The number of hydrogen-bond acceptors (Lipinski definition) is 0. The third kappa shape index (κ3) is 15.7. The Morgan fingerprint density at radius 2 is 1.75 bits per heavy atom. The van der Waals surface area contributed by atoms with Gasteiger partial charge in [0, 0.05) is 8.80 Å². The molecule has 0 rings (SSSR count). The standard InChI is InChI=1S/C5H13Si.BrH.Mg/c1-4-5-6(2)3;;/h6H,1,4-5H2,2-3H3;1H;/q-1;;+2/p-1. The molecule has 0 heterocycles. The molecule has 0 atom stereocenters. The summed E-state index contributed by atoms with van der Waals surface area (Å²) >= 11 is 0. The molecule has 8 heavy (non-hydrogen) atoms. The average molecular weight is 205 g/mol. The van der Waals surface area contributed by atoms with E-state index in [4.69, 9.17) is 0 Å². The minimum atomic E-state index is -0.233. The maximum atomic E-state index is 3.76. The molecule has 0 aromatic rings. The Hall–Kier alpha value is 1.46. The monoisotopic (exact) mass is 204 g/mol. The first-order valence-electron chi connectivity index (χ1n) is 2.56. The van der Waals surface area contributed by atoms with Crippen molar-refractivity contribution in [1.29, 1.82) is 0 Å². The molecule has 0 spiro atoms. The van der Waals surface area contributed by atoms with Gasteiger partial charge in [0.1, 0.15) is 0 Å². The van der Waals surface area contributed by atoms with E-state index in [1.54, 1.807) is 0 Å². The largest absolute Gasteiger partial charge is 2.00 e. The molecular formula is C5H13BrMgSi. The summed E-state index contributed by atoms with van der Waals surface area (Å²) in [5, 5.41) is 0. The predicted octanol–water partition coefficient (Wildman–Crippen LogP) is -1.68. The van der Waals surface area contributed by atoms with Crippen molar-refractivity contribution in [3.8, 4) is 0 Å². The fraction of sp³-hybridized carbons (Fsp3) is 0.800. The van der Waals surface area contributed by atoms with Crippen LogP contribution in [-0.4, -0.2) is 31.8 Å². The Kier molecular flexibility index (Phi) is 22.9. The van der Waals surface area contributed by atoms with Crippen LogP contribution in [-0.2, 0) is 0 Å². The normalized spacial score (nSPS) is 7.50. The molecule has 0 N–H and O–H groups in total. The molecule has 0 aromatic carbocycles. The second kappa shape index (κ2) is 11.3. The minimum Gasteiger partial charge on any atom is -1.00 e. The van der Waals surface area contributed by atoms with Crippen LogP contribution >= 0.6 is 0 Å². The predicted molar refractivity (Wildman–Crippen MR) is 39.4 cm³/mol. The quantitative estimate of drug-likeness (QED) is 0.373. The van der Waals surface area contributed by atoms with Crippen molar-refractivity contribution in [2.75, 3.05) is 0 Å². The number of rotatable bonds is 2. The molecule has 3 heteroatoms. The molecule has 46 valence electrons. The van der Waals surface area contributed by atoms with Crippen LogP contribution in [0.4, 0.5) is 0 Å². The van der Waals surface area contributed by atoms with E-state index in [0.29, 0.717) is 0 Å². The van der Waals surface area contributed by atoms with Crippen molar-refractivity contribution >= 4 is 31.8 Å². The van der Waals surface area contributed by atoms with Gasteiger partial charge in [-0.3, -0.25) is 0 Å². The number of halogens is 1. The molecule has 0 fully saturated rings.